The van der Waals surface area contributed by atoms with E-state index in [1.165, 1.54) is 4.90 Å². The topological polar surface area (TPSA) is 134 Å². The molecule has 1 aliphatic rings. The molecule has 0 bridgehead atoms. The molecule has 0 aromatic heterocycles. The number of amides is 4. The third kappa shape index (κ3) is 9.65. The normalized spacial score (nSPS) is 15.3. The molecule has 3 aromatic rings. The minimum absolute atomic E-state index is 0.0857. The first-order valence-corrected chi connectivity index (χ1v) is 15.7. The molecule has 46 heavy (non-hydrogen) atoms. The highest BCUT2D eigenvalue weighted by atomic mass is 16.6. The van der Waals surface area contributed by atoms with E-state index in [-0.39, 0.29) is 19.0 Å². The van der Waals surface area contributed by atoms with Crippen molar-refractivity contribution in [1.29, 1.82) is 0 Å². The van der Waals surface area contributed by atoms with Crippen molar-refractivity contribution in [2.75, 3.05) is 13.1 Å². The van der Waals surface area contributed by atoms with Gasteiger partial charge in [-0.1, -0.05) is 91.0 Å². The van der Waals surface area contributed by atoms with Crippen molar-refractivity contribution in [1.82, 2.24) is 20.4 Å². The second-order valence-electron chi connectivity index (χ2n) is 12.7. The number of nitrogens with one attached hydrogen (secondary N) is 2. The third-order valence-corrected chi connectivity index (χ3v) is 8.01. The number of benzene rings is 3. The number of nitrogens with two attached hydrogens (primary N) is 1. The van der Waals surface area contributed by atoms with Crippen LogP contribution in [0.25, 0.3) is 0 Å². The van der Waals surface area contributed by atoms with Gasteiger partial charge in [-0.05, 0) is 50.3 Å². The van der Waals surface area contributed by atoms with Crippen LogP contribution in [0.1, 0.15) is 56.7 Å². The molecule has 1 heterocycles. The zero-order chi connectivity index (χ0) is 33.2. The molecule has 1 fully saturated rings. The first-order valence-electron chi connectivity index (χ1n) is 15.7. The minimum atomic E-state index is -1.34. The Morgan fingerprint density at radius 2 is 1.37 bits per heavy atom. The summed E-state index contributed by atoms with van der Waals surface area (Å²) in [4.78, 5) is 57.9. The van der Waals surface area contributed by atoms with Gasteiger partial charge in [-0.25, -0.2) is 4.79 Å². The summed E-state index contributed by atoms with van der Waals surface area (Å²) in [5.74, 6) is -1.65. The lowest BCUT2D eigenvalue weighted by molar-refractivity contribution is -0.154. The van der Waals surface area contributed by atoms with Crippen LogP contribution in [0.2, 0.25) is 0 Å². The van der Waals surface area contributed by atoms with Gasteiger partial charge in [0.25, 0.3) is 0 Å². The summed E-state index contributed by atoms with van der Waals surface area (Å²) in [6, 6.07) is 27.7. The highest BCUT2D eigenvalue weighted by Crippen LogP contribution is 2.33. The van der Waals surface area contributed by atoms with E-state index < -0.39 is 41.5 Å². The zero-order valence-electron chi connectivity index (χ0n) is 26.9. The van der Waals surface area contributed by atoms with E-state index in [1.807, 2.05) is 78.9 Å². The number of nitrogens with zero attached hydrogens (tertiary/aromatic N) is 2. The monoisotopic (exact) mass is 627 g/mol. The van der Waals surface area contributed by atoms with E-state index in [0.717, 1.165) is 16.7 Å². The molecule has 0 radical (unpaired) electrons. The molecular weight excluding hydrogens is 582 g/mol. The molecule has 4 rings (SSSR count). The van der Waals surface area contributed by atoms with E-state index >= 15 is 0 Å². The minimum Gasteiger partial charge on any atom is -0.444 e. The lowest BCUT2D eigenvalue weighted by atomic mass is 9.83. The predicted molar refractivity (Wildman–Crippen MR) is 176 cm³/mol. The molecule has 10 heteroatoms. The lowest BCUT2D eigenvalue weighted by Crippen LogP contribution is -2.66. The number of carbonyl (C=O) groups excluding carboxylic acids is 4. The number of carbonyl (C=O) groups is 4. The van der Waals surface area contributed by atoms with Gasteiger partial charge in [0, 0.05) is 32.7 Å². The number of ether oxygens (including phenoxy) is 1. The van der Waals surface area contributed by atoms with Gasteiger partial charge in [-0.15, -0.1) is 0 Å². The summed E-state index contributed by atoms with van der Waals surface area (Å²) in [5.41, 5.74) is 6.34. The van der Waals surface area contributed by atoms with Crippen LogP contribution in [0.4, 0.5) is 4.79 Å². The van der Waals surface area contributed by atoms with Crippen LogP contribution in [-0.4, -0.2) is 63.9 Å². The van der Waals surface area contributed by atoms with Gasteiger partial charge in [0.05, 0.1) is 6.42 Å². The summed E-state index contributed by atoms with van der Waals surface area (Å²) >= 11 is 0. The number of likely N-dealkylation sites (tertiary alicyclic amines) is 1. The first-order chi connectivity index (χ1) is 21.9. The summed E-state index contributed by atoms with van der Waals surface area (Å²) < 4.78 is 5.42. The van der Waals surface area contributed by atoms with Crippen molar-refractivity contribution in [3.05, 3.63) is 108 Å². The SMILES string of the molecule is CC(C)(C)OC(=O)N[C@@H](CC(N)=O)C(=O)N(Cc1ccccc1)C1(C(=O)NCc2ccccc2)CCN(Cc2ccccc2)CC1. The predicted octanol–water partition coefficient (Wildman–Crippen LogP) is 4.14. The lowest BCUT2D eigenvalue weighted by Gasteiger charge is -2.48. The third-order valence-electron chi connectivity index (χ3n) is 8.01. The second-order valence-corrected chi connectivity index (χ2v) is 12.7. The Labute approximate surface area is 271 Å². The van der Waals surface area contributed by atoms with Gasteiger partial charge in [-0.2, -0.15) is 0 Å². The van der Waals surface area contributed by atoms with E-state index in [9.17, 15) is 19.2 Å². The second kappa shape index (κ2) is 15.5. The number of hydrogen-bond acceptors (Lipinski definition) is 6. The van der Waals surface area contributed by atoms with Crippen LogP contribution >= 0.6 is 0 Å². The van der Waals surface area contributed by atoms with Gasteiger partial charge in [0.2, 0.25) is 17.7 Å². The Balaban J connectivity index is 1.70. The summed E-state index contributed by atoms with van der Waals surface area (Å²) in [7, 11) is 0. The first kappa shape index (κ1) is 34.2. The Hall–Kier alpha value is -4.70. The van der Waals surface area contributed by atoms with Crippen molar-refractivity contribution >= 4 is 23.8 Å². The van der Waals surface area contributed by atoms with E-state index in [0.29, 0.717) is 32.5 Å². The highest BCUT2D eigenvalue weighted by molar-refractivity contribution is 5.96. The molecule has 4 N–H and O–H groups in total. The van der Waals surface area contributed by atoms with Crippen molar-refractivity contribution in [3.8, 4) is 0 Å². The molecule has 1 saturated heterocycles. The molecule has 1 aliphatic heterocycles. The van der Waals surface area contributed by atoms with Crippen LogP contribution in [0, 0.1) is 0 Å². The molecule has 3 aromatic carbocycles. The molecule has 1 atom stereocenters. The van der Waals surface area contributed by atoms with Crippen molar-refractivity contribution in [2.45, 2.75) is 76.8 Å². The van der Waals surface area contributed by atoms with Crippen molar-refractivity contribution in [2.24, 2.45) is 5.73 Å². The number of primary amides is 1. The molecular formula is C36H45N5O5. The highest BCUT2D eigenvalue weighted by Gasteiger charge is 2.50. The fraction of sp³-hybridized carbons (Fsp3) is 0.389. The maximum absolute atomic E-state index is 14.6. The van der Waals surface area contributed by atoms with Gasteiger partial charge < -0.3 is 26.0 Å². The molecule has 0 aliphatic carbocycles. The Bertz CT molecular complexity index is 1450. The number of rotatable bonds is 12. The maximum Gasteiger partial charge on any atom is 0.408 e. The summed E-state index contributed by atoms with van der Waals surface area (Å²) in [6.07, 6.45) is -0.624. The summed E-state index contributed by atoms with van der Waals surface area (Å²) in [5, 5.41) is 5.66. The van der Waals surface area contributed by atoms with Crippen LogP contribution in [0.5, 0.6) is 0 Å². The largest absolute Gasteiger partial charge is 0.444 e. The molecule has 0 unspecified atom stereocenters. The zero-order valence-corrected chi connectivity index (χ0v) is 26.9. The summed E-state index contributed by atoms with van der Waals surface area (Å²) in [6.45, 7) is 7.28. The molecule has 10 nitrogen and oxygen atoms in total. The molecule has 4 amide bonds. The van der Waals surface area contributed by atoms with Gasteiger partial charge >= 0.3 is 6.09 Å². The Morgan fingerprint density at radius 1 is 0.848 bits per heavy atom. The molecule has 0 spiro atoms. The van der Waals surface area contributed by atoms with E-state index in [4.69, 9.17) is 10.5 Å². The van der Waals surface area contributed by atoms with Crippen LogP contribution in [0.15, 0.2) is 91.0 Å². The number of hydrogen-bond donors (Lipinski definition) is 3. The molecule has 244 valence electrons. The van der Waals surface area contributed by atoms with Gasteiger partial charge in [0.1, 0.15) is 17.2 Å². The Kier molecular flexibility index (Phi) is 11.5. The van der Waals surface area contributed by atoms with Crippen molar-refractivity contribution < 1.29 is 23.9 Å². The van der Waals surface area contributed by atoms with Crippen LogP contribution in [-0.2, 0) is 38.8 Å². The smallest absolute Gasteiger partial charge is 0.408 e. The van der Waals surface area contributed by atoms with E-state index in [2.05, 4.69) is 27.7 Å². The van der Waals surface area contributed by atoms with Gasteiger partial charge in [-0.3, -0.25) is 19.3 Å². The quantitative estimate of drug-likeness (QED) is 0.277. The maximum atomic E-state index is 14.6. The average molecular weight is 628 g/mol. The number of piperidine rings is 1. The Morgan fingerprint density at radius 3 is 1.89 bits per heavy atom. The fourth-order valence-electron chi connectivity index (χ4n) is 5.73. The standard InChI is InChI=1S/C36H45N5O5/c1-35(2,3)46-34(45)39-30(23-31(37)42)32(43)41(26-29-17-11-6-12-18-29)36(33(44)38-24-27-13-7-4-8-14-27)19-21-40(22-20-36)25-28-15-9-5-10-16-28/h4-18,30H,19-26H2,1-3H3,(H2,37,42)(H,38,44)(H,39,45)/t30-/m0/s1. The average Bonchev–Trinajstić information content (AvgIpc) is 3.03. The van der Waals surface area contributed by atoms with E-state index in [1.54, 1.807) is 20.8 Å². The van der Waals surface area contributed by atoms with Crippen LogP contribution in [0.3, 0.4) is 0 Å². The van der Waals surface area contributed by atoms with Gasteiger partial charge in [0.15, 0.2) is 0 Å². The van der Waals surface area contributed by atoms with Crippen LogP contribution < -0.4 is 16.4 Å². The number of alkyl carbamates (subject to hydrolysis) is 1. The fourth-order valence-corrected chi connectivity index (χ4v) is 5.73. The molecule has 0 saturated carbocycles. The van der Waals surface area contributed by atoms with Crippen molar-refractivity contribution in [3.63, 3.8) is 0 Å².